The Kier molecular flexibility index (Phi) is 3.27. The van der Waals surface area contributed by atoms with Crippen molar-refractivity contribution in [1.29, 1.82) is 0 Å². The molecule has 0 N–H and O–H groups in total. The van der Waals surface area contributed by atoms with Gasteiger partial charge in [-0.2, -0.15) is 5.10 Å². The van der Waals surface area contributed by atoms with Crippen LogP contribution in [0.15, 0.2) is 18.7 Å². The lowest BCUT2D eigenvalue weighted by Gasteiger charge is -2.15. The van der Waals surface area contributed by atoms with Gasteiger partial charge in [-0.05, 0) is 0 Å². The fourth-order valence-corrected chi connectivity index (χ4v) is 2.54. The second kappa shape index (κ2) is 5.09. The molecule has 20 heavy (non-hydrogen) atoms. The smallest absolute Gasteiger partial charge is 0.249 e. The van der Waals surface area contributed by atoms with Crippen molar-refractivity contribution in [2.45, 2.75) is 19.6 Å². The zero-order valence-corrected chi connectivity index (χ0v) is 11.6. The Balaban J connectivity index is 1.81. The molecule has 0 unspecified atom stereocenters. The molecule has 106 valence electrons. The highest BCUT2D eigenvalue weighted by Gasteiger charge is 2.29. The van der Waals surface area contributed by atoms with Crippen molar-refractivity contribution in [2.75, 3.05) is 13.7 Å². The molecule has 1 aliphatic heterocycles. The average Bonchev–Trinajstić information content (AvgIpc) is 3.11. The molecule has 0 atom stereocenters. The third kappa shape index (κ3) is 2.20. The van der Waals surface area contributed by atoms with Crippen molar-refractivity contribution in [3.05, 3.63) is 35.7 Å². The molecule has 1 amide bonds. The molecular weight excluding hydrogens is 258 g/mol. The largest absolute Gasteiger partial charge is 0.375 e. The van der Waals surface area contributed by atoms with Gasteiger partial charge in [0.1, 0.15) is 6.61 Å². The van der Waals surface area contributed by atoms with Crippen LogP contribution in [0.1, 0.15) is 17.0 Å². The van der Waals surface area contributed by atoms with Crippen LogP contribution in [0.5, 0.6) is 0 Å². The first-order chi connectivity index (χ1) is 9.69. The van der Waals surface area contributed by atoms with Crippen LogP contribution in [-0.2, 0) is 36.2 Å². The summed E-state index contributed by atoms with van der Waals surface area (Å²) < 4.78 is 8.75. The highest BCUT2D eigenvalue weighted by molar-refractivity contribution is 5.78. The van der Waals surface area contributed by atoms with E-state index in [4.69, 9.17) is 4.74 Å². The molecule has 7 nitrogen and oxygen atoms in total. The average molecular weight is 275 g/mol. The van der Waals surface area contributed by atoms with Crippen molar-refractivity contribution in [3.8, 4) is 0 Å². The molecule has 0 saturated heterocycles. The number of carbonyl (C=O) groups excluding carboxylic acids is 1. The predicted molar refractivity (Wildman–Crippen MR) is 70.7 cm³/mol. The van der Waals surface area contributed by atoms with Crippen molar-refractivity contribution < 1.29 is 9.53 Å². The number of aryl methyl sites for hydroxylation is 1. The van der Waals surface area contributed by atoms with Crippen LogP contribution in [0.3, 0.4) is 0 Å². The Morgan fingerprint density at radius 2 is 2.30 bits per heavy atom. The maximum Gasteiger partial charge on any atom is 0.249 e. The minimum atomic E-state index is 0.0114. The summed E-state index contributed by atoms with van der Waals surface area (Å²) in [5.74, 6) is 0.0114. The summed E-state index contributed by atoms with van der Waals surface area (Å²) in [6.45, 7) is 2.01. The minimum Gasteiger partial charge on any atom is -0.375 e. The zero-order chi connectivity index (χ0) is 14.1. The van der Waals surface area contributed by atoms with Crippen LogP contribution in [0, 0.1) is 0 Å². The van der Waals surface area contributed by atoms with Gasteiger partial charge in [-0.25, -0.2) is 4.98 Å². The Labute approximate surface area is 116 Å². The maximum absolute atomic E-state index is 11.9. The highest BCUT2D eigenvalue weighted by Crippen LogP contribution is 2.26. The van der Waals surface area contributed by atoms with E-state index in [0.717, 1.165) is 17.0 Å². The Morgan fingerprint density at radius 3 is 3.00 bits per heavy atom. The molecule has 2 aromatic rings. The number of amides is 1. The molecular formula is C13H17N5O2. The quantitative estimate of drug-likeness (QED) is 0.797. The van der Waals surface area contributed by atoms with Crippen molar-refractivity contribution in [3.63, 3.8) is 0 Å². The summed E-state index contributed by atoms with van der Waals surface area (Å²) in [6.07, 6.45) is 5.42. The molecule has 0 aromatic carbocycles. The number of nitrogens with zero attached hydrogens (tertiary/aromatic N) is 5. The van der Waals surface area contributed by atoms with E-state index >= 15 is 0 Å². The summed E-state index contributed by atoms with van der Waals surface area (Å²) in [7, 11) is 3.45. The molecule has 0 spiro atoms. The summed E-state index contributed by atoms with van der Waals surface area (Å²) in [5, 5.41) is 4.55. The predicted octanol–water partition coefficient (Wildman–Crippen LogP) is 0.153. The van der Waals surface area contributed by atoms with Gasteiger partial charge in [-0.15, -0.1) is 0 Å². The fourth-order valence-electron chi connectivity index (χ4n) is 2.54. The number of rotatable bonds is 4. The zero-order valence-electron chi connectivity index (χ0n) is 11.6. The Morgan fingerprint density at radius 1 is 1.45 bits per heavy atom. The van der Waals surface area contributed by atoms with Gasteiger partial charge in [0.15, 0.2) is 0 Å². The van der Waals surface area contributed by atoms with Gasteiger partial charge in [-0.3, -0.25) is 9.48 Å². The van der Waals surface area contributed by atoms with Crippen LogP contribution in [0.4, 0.5) is 0 Å². The number of imidazole rings is 1. The molecule has 0 bridgehead atoms. The second-order valence-corrected chi connectivity index (χ2v) is 4.91. The summed E-state index contributed by atoms with van der Waals surface area (Å²) in [5.41, 5.74) is 3.24. The molecule has 1 aliphatic rings. The molecule has 3 heterocycles. The molecule has 0 radical (unpaired) electrons. The summed E-state index contributed by atoms with van der Waals surface area (Å²) in [6, 6.07) is 0. The Hall–Kier alpha value is -2.15. The lowest BCUT2D eigenvalue weighted by atomic mass is 10.2. The van der Waals surface area contributed by atoms with Crippen molar-refractivity contribution in [2.24, 2.45) is 7.05 Å². The number of methoxy groups -OCH3 is 1. The van der Waals surface area contributed by atoms with Crippen molar-refractivity contribution >= 4 is 5.91 Å². The van der Waals surface area contributed by atoms with E-state index in [-0.39, 0.29) is 12.5 Å². The van der Waals surface area contributed by atoms with Gasteiger partial charge in [0.05, 0.1) is 30.8 Å². The number of fused-ring (bicyclic) bond motifs is 1. The number of aromatic nitrogens is 4. The maximum atomic E-state index is 11.9. The van der Waals surface area contributed by atoms with E-state index in [1.165, 1.54) is 7.11 Å². The van der Waals surface area contributed by atoms with Crippen LogP contribution in [-0.4, -0.2) is 43.9 Å². The minimum absolute atomic E-state index is 0.0114. The number of carbonyl (C=O) groups is 1. The van der Waals surface area contributed by atoms with Gasteiger partial charge in [0.25, 0.3) is 0 Å². The van der Waals surface area contributed by atoms with E-state index in [2.05, 4.69) is 10.1 Å². The van der Waals surface area contributed by atoms with Crippen molar-refractivity contribution in [1.82, 2.24) is 24.2 Å². The van der Waals surface area contributed by atoms with E-state index in [1.54, 1.807) is 17.4 Å². The third-order valence-electron chi connectivity index (χ3n) is 3.56. The summed E-state index contributed by atoms with van der Waals surface area (Å²) >= 11 is 0. The van der Waals surface area contributed by atoms with E-state index in [1.807, 2.05) is 22.5 Å². The van der Waals surface area contributed by atoms with E-state index in [0.29, 0.717) is 19.6 Å². The molecule has 0 aliphatic carbocycles. The first-order valence-electron chi connectivity index (χ1n) is 6.45. The second-order valence-electron chi connectivity index (χ2n) is 4.91. The van der Waals surface area contributed by atoms with Gasteiger partial charge >= 0.3 is 0 Å². The monoisotopic (exact) mass is 275 g/mol. The normalized spacial score (nSPS) is 13.8. The molecule has 0 fully saturated rings. The first kappa shape index (κ1) is 12.9. The number of ether oxygens (including phenoxy) is 1. The molecule has 0 saturated carbocycles. The van der Waals surface area contributed by atoms with E-state index < -0.39 is 0 Å². The number of hydrogen-bond acceptors (Lipinski definition) is 4. The summed E-state index contributed by atoms with van der Waals surface area (Å²) in [4.78, 5) is 17.7. The van der Waals surface area contributed by atoms with Gasteiger partial charge in [0.2, 0.25) is 5.91 Å². The Bertz CT molecular complexity index is 617. The topological polar surface area (TPSA) is 65.2 Å². The standard InChI is InChI=1S/C13H17N5O2/c1-16-12-7-18(13(19)8-20-2)5-10(12)11(15-16)6-17-4-3-14-9-17/h3-4,9H,5-8H2,1-2H3. The lowest BCUT2D eigenvalue weighted by molar-refractivity contribution is -0.135. The molecule has 3 rings (SSSR count). The fraction of sp³-hybridized carbons (Fsp3) is 0.462. The van der Waals surface area contributed by atoms with Crippen LogP contribution in [0.25, 0.3) is 0 Å². The lowest BCUT2D eigenvalue weighted by Crippen LogP contribution is -2.29. The molecule has 7 heteroatoms. The van der Waals surface area contributed by atoms with Crippen LogP contribution < -0.4 is 0 Å². The van der Waals surface area contributed by atoms with E-state index in [9.17, 15) is 4.79 Å². The SMILES string of the molecule is COCC(=O)N1Cc2c(Cn3ccnc3)nn(C)c2C1. The number of hydrogen-bond donors (Lipinski definition) is 0. The van der Waals surface area contributed by atoms with Crippen LogP contribution >= 0.6 is 0 Å². The first-order valence-corrected chi connectivity index (χ1v) is 6.45. The highest BCUT2D eigenvalue weighted by atomic mass is 16.5. The third-order valence-corrected chi connectivity index (χ3v) is 3.56. The molecule has 2 aromatic heterocycles. The van der Waals surface area contributed by atoms with Crippen LogP contribution in [0.2, 0.25) is 0 Å². The van der Waals surface area contributed by atoms with Gasteiger partial charge in [0, 0.05) is 38.7 Å². The van der Waals surface area contributed by atoms with Gasteiger partial charge in [-0.1, -0.05) is 0 Å². The van der Waals surface area contributed by atoms with Gasteiger partial charge < -0.3 is 14.2 Å².